The third-order valence-corrected chi connectivity index (χ3v) is 7.02. The maximum Gasteiger partial charge on any atom is 0.348 e. The zero-order valence-corrected chi connectivity index (χ0v) is 20.7. The molecule has 1 amide bonds. The minimum absolute atomic E-state index is 0.131. The van der Waals surface area contributed by atoms with Crippen molar-refractivity contribution in [1.29, 1.82) is 0 Å². The molecule has 0 spiro atoms. The van der Waals surface area contributed by atoms with Crippen molar-refractivity contribution in [3.8, 4) is 21.6 Å². The summed E-state index contributed by atoms with van der Waals surface area (Å²) in [6.07, 6.45) is 0. The Morgan fingerprint density at radius 2 is 1.50 bits per heavy atom. The maximum absolute atomic E-state index is 13.9. The van der Waals surface area contributed by atoms with Gasteiger partial charge in [-0.3, -0.25) is 4.79 Å². The average Bonchev–Trinajstić information content (AvgIpc) is 3.20. The van der Waals surface area contributed by atoms with Crippen molar-refractivity contribution in [1.82, 2.24) is 0 Å². The fourth-order valence-electron chi connectivity index (χ4n) is 4.05. The molecule has 1 aromatic heterocycles. The van der Waals surface area contributed by atoms with Crippen molar-refractivity contribution < 1.29 is 14.7 Å². The van der Waals surface area contributed by atoms with Gasteiger partial charge in [-0.05, 0) is 55.7 Å². The van der Waals surface area contributed by atoms with Crippen LogP contribution >= 0.6 is 22.9 Å². The molecule has 0 fully saturated rings. The Hall–Kier alpha value is -3.41. The van der Waals surface area contributed by atoms with Crippen molar-refractivity contribution in [3.63, 3.8) is 0 Å². The van der Waals surface area contributed by atoms with Crippen LogP contribution < -0.4 is 4.90 Å². The summed E-state index contributed by atoms with van der Waals surface area (Å²) in [7, 11) is 0. The van der Waals surface area contributed by atoms with Crippen LogP contribution in [0.25, 0.3) is 21.6 Å². The van der Waals surface area contributed by atoms with Gasteiger partial charge >= 0.3 is 5.97 Å². The SMILES string of the molecule is Cc1cc(Cl)ccc1C(=O)N(c1c(C(=O)O)sc(-c2ccccc2)c1-c1ccccc1)C(C)C. The number of benzene rings is 3. The van der Waals surface area contributed by atoms with Crippen LogP contribution in [0.15, 0.2) is 78.9 Å². The van der Waals surface area contributed by atoms with Crippen LogP contribution in [0, 0.1) is 6.92 Å². The van der Waals surface area contributed by atoms with E-state index in [-0.39, 0.29) is 16.8 Å². The van der Waals surface area contributed by atoms with Gasteiger partial charge in [0.05, 0.1) is 5.69 Å². The lowest BCUT2D eigenvalue weighted by atomic mass is 9.98. The molecule has 4 nitrogen and oxygen atoms in total. The van der Waals surface area contributed by atoms with Crippen LogP contribution in [-0.2, 0) is 0 Å². The molecule has 0 radical (unpaired) electrons. The minimum atomic E-state index is -1.06. The largest absolute Gasteiger partial charge is 0.477 e. The van der Waals surface area contributed by atoms with Gasteiger partial charge in [-0.1, -0.05) is 72.3 Å². The van der Waals surface area contributed by atoms with E-state index in [0.717, 1.165) is 27.1 Å². The lowest BCUT2D eigenvalue weighted by molar-refractivity contribution is 0.0703. The molecule has 6 heteroatoms. The quantitative estimate of drug-likeness (QED) is 0.300. The minimum Gasteiger partial charge on any atom is -0.477 e. The molecule has 0 atom stereocenters. The number of carboxylic acid groups (broad SMARTS) is 1. The lowest BCUT2D eigenvalue weighted by Crippen LogP contribution is -2.38. The van der Waals surface area contributed by atoms with Crippen LogP contribution in [0.5, 0.6) is 0 Å². The molecule has 1 heterocycles. The number of hydrogen-bond donors (Lipinski definition) is 1. The number of rotatable bonds is 6. The van der Waals surface area contributed by atoms with Crippen molar-refractivity contribution in [3.05, 3.63) is 99.9 Å². The van der Waals surface area contributed by atoms with Crippen molar-refractivity contribution >= 4 is 40.5 Å². The van der Waals surface area contributed by atoms with E-state index in [9.17, 15) is 14.7 Å². The summed E-state index contributed by atoms with van der Waals surface area (Å²) >= 11 is 7.32. The van der Waals surface area contributed by atoms with Gasteiger partial charge in [0.2, 0.25) is 0 Å². The zero-order chi connectivity index (χ0) is 24.4. The number of amides is 1. The molecule has 172 valence electrons. The van der Waals surface area contributed by atoms with Gasteiger partial charge in [0.15, 0.2) is 0 Å². The van der Waals surface area contributed by atoms with E-state index in [4.69, 9.17) is 11.6 Å². The fraction of sp³-hybridized carbons (Fsp3) is 0.143. The van der Waals surface area contributed by atoms with Crippen LogP contribution in [0.4, 0.5) is 5.69 Å². The molecule has 0 unspecified atom stereocenters. The Morgan fingerprint density at radius 3 is 2.03 bits per heavy atom. The predicted octanol–water partition coefficient (Wildman–Crippen LogP) is 7.80. The summed E-state index contributed by atoms with van der Waals surface area (Å²) in [4.78, 5) is 29.0. The van der Waals surface area contributed by atoms with Gasteiger partial charge < -0.3 is 10.0 Å². The Balaban J connectivity index is 2.04. The van der Waals surface area contributed by atoms with E-state index in [1.54, 1.807) is 23.1 Å². The molecule has 0 aliphatic heterocycles. The summed E-state index contributed by atoms with van der Waals surface area (Å²) in [6, 6.07) is 24.1. The van der Waals surface area contributed by atoms with Gasteiger partial charge in [-0.15, -0.1) is 11.3 Å². The average molecular weight is 490 g/mol. The van der Waals surface area contributed by atoms with E-state index in [1.165, 1.54) is 11.3 Å². The molecular weight excluding hydrogens is 466 g/mol. The summed E-state index contributed by atoms with van der Waals surface area (Å²) < 4.78 is 0. The second-order valence-corrected chi connectivity index (χ2v) is 9.71. The number of anilines is 1. The molecular formula is C28H24ClNO3S. The summed E-state index contributed by atoms with van der Waals surface area (Å²) in [6.45, 7) is 5.61. The number of carbonyl (C=O) groups is 2. The number of carbonyl (C=O) groups excluding carboxylic acids is 1. The number of halogens is 1. The highest BCUT2D eigenvalue weighted by molar-refractivity contribution is 7.18. The maximum atomic E-state index is 13.9. The fourth-order valence-corrected chi connectivity index (χ4v) is 5.44. The number of aromatic carboxylic acids is 1. The molecule has 0 saturated heterocycles. The van der Waals surface area contributed by atoms with Crippen molar-refractivity contribution in [2.24, 2.45) is 0 Å². The molecule has 1 N–H and O–H groups in total. The summed E-state index contributed by atoms with van der Waals surface area (Å²) in [5, 5.41) is 10.8. The second-order valence-electron chi connectivity index (χ2n) is 8.25. The molecule has 34 heavy (non-hydrogen) atoms. The second kappa shape index (κ2) is 9.84. The van der Waals surface area contributed by atoms with Gasteiger partial charge in [0.25, 0.3) is 5.91 Å². The first-order chi connectivity index (χ1) is 16.3. The van der Waals surface area contributed by atoms with Crippen LogP contribution in [0.1, 0.15) is 39.4 Å². The Morgan fingerprint density at radius 1 is 0.912 bits per heavy atom. The first-order valence-electron chi connectivity index (χ1n) is 10.9. The number of hydrogen-bond acceptors (Lipinski definition) is 3. The summed E-state index contributed by atoms with van der Waals surface area (Å²) in [5.74, 6) is -1.33. The van der Waals surface area contributed by atoms with Crippen LogP contribution in [0.3, 0.4) is 0 Å². The van der Waals surface area contributed by atoms with Crippen LogP contribution in [-0.4, -0.2) is 23.0 Å². The molecule has 0 aliphatic carbocycles. The third-order valence-electron chi connectivity index (χ3n) is 5.57. The Labute approximate surface area is 208 Å². The first-order valence-corrected chi connectivity index (χ1v) is 12.1. The highest BCUT2D eigenvalue weighted by atomic mass is 35.5. The zero-order valence-electron chi connectivity index (χ0n) is 19.1. The van der Waals surface area contributed by atoms with E-state index in [1.807, 2.05) is 81.4 Å². The summed E-state index contributed by atoms with van der Waals surface area (Å²) in [5.41, 5.74) is 4.13. The first kappa shape index (κ1) is 23.7. The highest BCUT2D eigenvalue weighted by Gasteiger charge is 2.33. The van der Waals surface area contributed by atoms with Crippen molar-refractivity contribution in [2.45, 2.75) is 26.8 Å². The van der Waals surface area contributed by atoms with Gasteiger partial charge in [0, 0.05) is 27.1 Å². The number of carboxylic acids is 1. The van der Waals surface area contributed by atoms with Gasteiger partial charge in [-0.2, -0.15) is 0 Å². The van der Waals surface area contributed by atoms with Gasteiger partial charge in [-0.25, -0.2) is 4.79 Å². The number of thiophene rings is 1. The van der Waals surface area contributed by atoms with Crippen LogP contribution in [0.2, 0.25) is 5.02 Å². The molecule has 4 rings (SSSR count). The van der Waals surface area contributed by atoms with E-state index < -0.39 is 5.97 Å². The molecule has 4 aromatic rings. The van der Waals surface area contributed by atoms with Crippen molar-refractivity contribution in [2.75, 3.05) is 4.90 Å². The van der Waals surface area contributed by atoms with E-state index in [2.05, 4.69) is 0 Å². The smallest absolute Gasteiger partial charge is 0.348 e. The third kappa shape index (κ3) is 4.49. The highest BCUT2D eigenvalue weighted by Crippen LogP contribution is 2.49. The monoisotopic (exact) mass is 489 g/mol. The Bertz CT molecular complexity index is 1350. The topological polar surface area (TPSA) is 57.6 Å². The molecule has 0 saturated carbocycles. The predicted molar refractivity (Wildman–Crippen MR) is 140 cm³/mol. The standard InChI is InChI=1S/C28H24ClNO3S/c1-17(2)30(27(31)22-15-14-21(29)16-18(22)3)24-23(19-10-6-4-7-11-19)25(34-26(24)28(32)33)20-12-8-5-9-13-20/h4-17H,1-3H3,(H,32,33). The number of aryl methyl sites for hydroxylation is 1. The molecule has 0 bridgehead atoms. The lowest BCUT2D eigenvalue weighted by Gasteiger charge is -2.29. The van der Waals surface area contributed by atoms with E-state index in [0.29, 0.717) is 16.3 Å². The number of nitrogens with zero attached hydrogens (tertiary/aromatic N) is 1. The van der Waals surface area contributed by atoms with E-state index >= 15 is 0 Å². The Kier molecular flexibility index (Phi) is 6.87. The molecule has 0 aliphatic rings. The molecule has 3 aromatic carbocycles. The van der Waals surface area contributed by atoms with Gasteiger partial charge in [0.1, 0.15) is 4.88 Å². The normalized spacial score (nSPS) is 11.0.